The number of rotatable bonds is 2. The van der Waals surface area contributed by atoms with Crippen molar-refractivity contribution in [3.8, 4) is 0 Å². The number of anilines is 1. The Morgan fingerprint density at radius 1 is 1.60 bits per heavy atom. The van der Waals surface area contributed by atoms with Crippen LogP contribution in [0.15, 0.2) is 12.1 Å². The van der Waals surface area contributed by atoms with Crippen LogP contribution in [0.4, 0.5) is 5.82 Å². The maximum Gasteiger partial charge on any atom is 0.131 e. The fraction of sp³-hybridized carbons (Fsp3) is 0.545. The van der Waals surface area contributed by atoms with Crippen LogP contribution >= 0.6 is 11.6 Å². The summed E-state index contributed by atoms with van der Waals surface area (Å²) < 4.78 is 0. The Labute approximate surface area is 94.7 Å². The zero-order chi connectivity index (χ0) is 10.8. The molecule has 0 aromatic carbocycles. The summed E-state index contributed by atoms with van der Waals surface area (Å²) in [4.78, 5) is 6.36. The molecule has 0 spiro atoms. The van der Waals surface area contributed by atoms with Crippen molar-refractivity contribution in [1.29, 1.82) is 0 Å². The van der Waals surface area contributed by atoms with Gasteiger partial charge in [-0.15, -0.1) is 0 Å². The van der Waals surface area contributed by atoms with Crippen LogP contribution in [0.25, 0.3) is 0 Å². The van der Waals surface area contributed by atoms with Crippen LogP contribution < -0.4 is 4.90 Å². The molecule has 2 heterocycles. The molecule has 3 nitrogen and oxygen atoms in total. The van der Waals surface area contributed by atoms with Crippen LogP contribution in [0.3, 0.4) is 0 Å². The van der Waals surface area contributed by atoms with Gasteiger partial charge in [0.05, 0.1) is 6.10 Å². The molecule has 1 N–H and O–H groups in total. The molecule has 1 aromatic heterocycles. The molecule has 1 fully saturated rings. The van der Waals surface area contributed by atoms with Gasteiger partial charge in [-0.05, 0) is 30.5 Å². The average Bonchev–Trinajstić information content (AvgIpc) is 2.64. The fourth-order valence-corrected chi connectivity index (χ4v) is 2.08. The summed E-state index contributed by atoms with van der Waals surface area (Å²) in [5.41, 5.74) is 1.19. The Balaban J connectivity index is 2.24. The third-order valence-electron chi connectivity index (χ3n) is 2.74. The van der Waals surface area contributed by atoms with E-state index < -0.39 is 0 Å². The zero-order valence-electron chi connectivity index (χ0n) is 8.78. The fourth-order valence-electron chi connectivity index (χ4n) is 1.85. The quantitative estimate of drug-likeness (QED) is 0.783. The highest BCUT2D eigenvalue weighted by atomic mass is 35.5. The molecule has 1 aromatic rings. The first-order valence-corrected chi connectivity index (χ1v) is 5.66. The van der Waals surface area contributed by atoms with Crippen molar-refractivity contribution in [2.24, 2.45) is 0 Å². The highest BCUT2D eigenvalue weighted by molar-refractivity contribution is 6.29. The van der Waals surface area contributed by atoms with E-state index in [4.69, 9.17) is 11.6 Å². The second kappa shape index (κ2) is 4.37. The highest BCUT2D eigenvalue weighted by Crippen LogP contribution is 2.22. The van der Waals surface area contributed by atoms with Gasteiger partial charge in [-0.25, -0.2) is 4.98 Å². The standard InChI is InChI=1S/C11H15ClN2O/c1-2-8-5-10(12)13-11(6-8)14-4-3-9(15)7-14/h5-6,9,15H,2-4,7H2,1H3. The molecular formula is C11H15ClN2O. The van der Waals surface area contributed by atoms with Crippen molar-refractivity contribution in [2.75, 3.05) is 18.0 Å². The number of nitrogens with zero attached hydrogens (tertiary/aromatic N) is 2. The minimum absolute atomic E-state index is 0.226. The van der Waals surface area contributed by atoms with E-state index in [9.17, 15) is 5.11 Å². The van der Waals surface area contributed by atoms with E-state index in [0.717, 1.165) is 25.2 Å². The van der Waals surface area contributed by atoms with Crippen molar-refractivity contribution in [1.82, 2.24) is 4.98 Å². The van der Waals surface area contributed by atoms with Crippen LogP contribution in [0.1, 0.15) is 18.9 Å². The molecule has 1 unspecified atom stereocenters. The molecular weight excluding hydrogens is 212 g/mol. The smallest absolute Gasteiger partial charge is 0.131 e. The van der Waals surface area contributed by atoms with Crippen LogP contribution in [0.2, 0.25) is 5.15 Å². The molecule has 1 aliphatic heterocycles. The molecule has 2 rings (SSSR count). The lowest BCUT2D eigenvalue weighted by Gasteiger charge is -2.17. The average molecular weight is 227 g/mol. The van der Waals surface area contributed by atoms with Gasteiger partial charge in [0.2, 0.25) is 0 Å². The maximum atomic E-state index is 9.45. The van der Waals surface area contributed by atoms with Gasteiger partial charge >= 0.3 is 0 Å². The van der Waals surface area contributed by atoms with Gasteiger partial charge < -0.3 is 10.0 Å². The summed E-state index contributed by atoms with van der Waals surface area (Å²) in [7, 11) is 0. The predicted molar refractivity (Wildman–Crippen MR) is 61.5 cm³/mol. The van der Waals surface area contributed by atoms with Crippen LogP contribution in [-0.2, 0) is 6.42 Å². The summed E-state index contributed by atoms with van der Waals surface area (Å²) in [5, 5.41) is 9.99. The van der Waals surface area contributed by atoms with Gasteiger partial charge in [-0.2, -0.15) is 0 Å². The Morgan fingerprint density at radius 3 is 3.00 bits per heavy atom. The second-order valence-electron chi connectivity index (χ2n) is 3.90. The van der Waals surface area contributed by atoms with E-state index in [1.807, 2.05) is 12.1 Å². The normalized spacial score (nSPS) is 21.0. The number of aliphatic hydroxyl groups is 1. The van der Waals surface area contributed by atoms with Crippen molar-refractivity contribution >= 4 is 17.4 Å². The van der Waals surface area contributed by atoms with Crippen molar-refractivity contribution in [2.45, 2.75) is 25.9 Å². The molecule has 15 heavy (non-hydrogen) atoms. The van der Waals surface area contributed by atoms with Gasteiger partial charge in [0.15, 0.2) is 0 Å². The number of aromatic nitrogens is 1. The number of hydrogen-bond donors (Lipinski definition) is 1. The van der Waals surface area contributed by atoms with Gasteiger partial charge in [0.1, 0.15) is 11.0 Å². The minimum Gasteiger partial charge on any atom is -0.391 e. The first-order chi connectivity index (χ1) is 7.19. The number of aliphatic hydroxyl groups excluding tert-OH is 1. The topological polar surface area (TPSA) is 36.4 Å². The molecule has 4 heteroatoms. The van der Waals surface area contributed by atoms with Gasteiger partial charge in [0, 0.05) is 13.1 Å². The summed E-state index contributed by atoms with van der Waals surface area (Å²) in [5.74, 6) is 0.885. The third kappa shape index (κ3) is 2.41. The van der Waals surface area contributed by atoms with E-state index >= 15 is 0 Å². The first-order valence-electron chi connectivity index (χ1n) is 5.28. The summed E-state index contributed by atoms with van der Waals surface area (Å²) in [6, 6.07) is 3.93. The van der Waals surface area contributed by atoms with Crippen LogP contribution in [0.5, 0.6) is 0 Å². The maximum absolute atomic E-state index is 9.45. The van der Waals surface area contributed by atoms with Crippen molar-refractivity contribution in [3.05, 3.63) is 22.8 Å². The van der Waals surface area contributed by atoms with Crippen LogP contribution in [0, 0.1) is 0 Å². The first kappa shape index (κ1) is 10.7. The predicted octanol–water partition coefficient (Wildman–Crippen LogP) is 1.87. The molecule has 0 aliphatic carbocycles. The highest BCUT2D eigenvalue weighted by Gasteiger charge is 2.21. The number of halogens is 1. The van der Waals surface area contributed by atoms with E-state index in [1.54, 1.807) is 0 Å². The Kier molecular flexibility index (Phi) is 3.12. The lowest BCUT2D eigenvalue weighted by molar-refractivity contribution is 0.198. The van der Waals surface area contributed by atoms with E-state index in [2.05, 4.69) is 16.8 Å². The molecule has 82 valence electrons. The molecule has 1 aliphatic rings. The lowest BCUT2D eigenvalue weighted by atomic mass is 10.2. The third-order valence-corrected chi connectivity index (χ3v) is 2.93. The largest absolute Gasteiger partial charge is 0.391 e. The Bertz CT molecular complexity index is 356. The summed E-state index contributed by atoms with van der Waals surface area (Å²) in [6.07, 6.45) is 1.54. The lowest BCUT2D eigenvalue weighted by Crippen LogP contribution is -2.22. The molecule has 0 bridgehead atoms. The molecule has 1 saturated heterocycles. The molecule has 0 radical (unpaired) electrons. The number of aryl methyl sites for hydroxylation is 1. The summed E-state index contributed by atoms with van der Waals surface area (Å²) >= 11 is 5.94. The number of pyridine rings is 1. The van der Waals surface area contributed by atoms with Crippen molar-refractivity contribution < 1.29 is 5.11 Å². The molecule has 0 saturated carbocycles. The number of hydrogen-bond acceptors (Lipinski definition) is 3. The SMILES string of the molecule is CCc1cc(Cl)nc(N2CCC(O)C2)c1. The van der Waals surface area contributed by atoms with E-state index in [0.29, 0.717) is 11.7 Å². The van der Waals surface area contributed by atoms with Crippen LogP contribution in [-0.4, -0.2) is 29.3 Å². The monoisotopic (exact) mass is 226 g/mol. The zero-order valence-corrected chi connectivity index (χ0v) is 9.54. The van der Waals surface area contributed by atoms with E-state index in [1.165, 1.54) is 5.56 Å². The van der Waals surface area contributed by atoms with E-state index in [-0.39, 0.29) is 6.10 Å². The second-order valence-corrected chi connectivity index (χ2v) is 4.29. The number of β-amino-alcohol motifs (C(OH)–C–C–N with tert-alkyl or cyclic N) is 1. The minimum atomic E-state index is -0.226. The summed E-state index contributed by atoms with van der Waals surface area (Å²) in [6.45, 7) is 3.61. The van der Waals surface area contributed by atoms with Gasteiger partial charge in [-0.3, -0.25) is 0 Å². The van der Waals surface area contributed by atoms with Gasteiger partial charge in [-0.1, -0.05) is 18.5 Å². The van der Waals surface area contributed by atoms with Gasteiger partial charge in [0.25, 0.3) is 0 Å². The Morgan fingerprint density at radius 2 is 2.40 bits per heavy atom. The Hall–Kier alpha value is -0.800. The molecule has 1 atom stereocenters. The van der Waals surface area contributed by atoms with Crippen molar-refractivity contribution in [3.63, 3.8) is 0 Å². The molecule has 0 amide bonds.